The van der Waals surface area contributed by atoms with Gasteiger partial charge < -0.3 is 9.64 Å². The molecule has 1 aromatic rings. The lowest BCUT2D eigenvalue weighted by atomic mass is 9.90. The molecule has 1 aliphatic heterocycles. The Labute approximate surface area is 164 Å². The van der Waals surface area contributed by atoms with E-state index in [-0.39, 0.29) is 23.5 Å². The molecule has 8 heteroatoms. The Hall–Kier alpha value is -1.41. The van der Waals surface area contributed by atoms with Gasteiger partial charge in [-0.25, -0.2) is 13.2 Å². The predicted octanol–water partition coefficient (Wildman–Crippen LogP) is 2.45. The van der Waals surface area contributed by atoms with E-state index < -0.39 is 21.9 Å². The van der Waals surface area contributed by atoms with E-state index in [0.29, 0.717) is 23.8 Å². The van der Waals surface area contributed by atoms with Crippen molar-refractivity contribution in [3.63, 3.8) is 0 Å². The lowest BCUT2D eigenvalue weighted by Crippen LogP contribution is -2.46. The molecule has 0 bridgehead atoms. The van der Waals surface area contributed by atoms with Crippen LogP contribution in [-0.4, -0.2) is 55.4 Å². The van der Waals surface area contributed by atoms with Crippen LogP contribution in [0.2, 0.25) is 0 Å². The van der Waals surface area contributed by atoms with Crippen molar-refractivity contribution < 1.29 is 22.7 Å². The van der Waals surface area contributed by atoms with Gasteiger partial charge in [0.25, 0.3) is 5.91 Å². The third-order valence-corrected chi connectivity index (χ3v) is 8.40. The second-order valence-electron chi connectivity index (χ2n) is 7.64. The number of hydrogen-bond acceptors (Lipinski definition) is 6. The highest BCUT2D eigenvalue weighted by molar-refractivity contribution is 7.91. The van der Waals surface area contributed by atoms with Crippen LogP contribution in [0.15, 0.2) is 6.07 Å². The van der Waals surface area contributed by atoms with Gasteiger partial charge in [-0.3, -0.25) is 4.79 Å². The summed E-state index contributed by atoms with van der Waals surface area (Å²) >= 11 is 1.46. The number of rotatable bonds is 5. The number of likely N-dealkylation sites (N-methyl/N-ethyl adjacent to an activating group) is 1. The third kappa shape index (κ3) is 4.54. The molecule has 0 spiro atoms. The molecule has 27 heavy (non-hydrogen) atoms. The summed E-state index contributed by atoms with van der Waals surface area (Å²) in [4.78, 5) is 28.6. The molecule has 2 heterocycles. The first kappa shape index (κ1) is 20.3. The lowest BCUT2D eigenvalue weighted by Gasteiger charge is -2.29. The van der Waals surface area contributed by atoms with Crippen LogP contribution >= 0.6 is 11.3 Å². The molecule has 3 rings (SSSR count). The third-order valence-electron chi connectivity index (χ3n) is 5.43. The normalized spacial score (nSPS) is 24.9. The van der Waals surface area contributed by atoms with Gasteiger partial charge in [-0.05, 0) is 57.1 Å². The molecule has 1 aliphatic carbocycles. The lowest BCUT2D eigenvalue weighted by molar-refractivity contribution is -0.141. The van der Waals surface area contributed by atoms with E-state index in [0.717, 1.165) is 19.3 Å². The Morgan fingerprint density at radius 1 is 1.37 bits per heavy atom. The van der Waals surface area contributed by atoms with Crippen molar-refractivity contribution in [2.24, 2.45) is 5.92 Å². The number of fused-ring (bicyclic) bond motifs is 1. The number of sulfone groups is 1. The smallest absolute Gasteiger partial charge is 0.349 e. The van der Waals surface area contributed by atoms with Crippen LogP contribution in [-0.2, 0) is 32.2 Å². The average Bonchev–Trinajstić information content (AvgIpc) is 3.18. The van der Waals surface area contributed by atoms with Gasteiger partial charge >= 0.3 is 5.97 Å². The molecule has 6 nitrogen and oxygen atoms in total. The first-order valence-electron chi connectivity index (χ1n) is 9.53. The molecule has 2 aliphatic rings. The van der Waals surface area contributed by atoms with Crippen LogP contribution in [0.3, 0.4) is 0 Å². The number of hydrogen-bond donors (Lipinski definition) is 0. The van der Waals surface area contributed by atoms with E-state index in [4.69, 9.17) is 4.74 Å². The summed E-state index contributed by atoms with van der Waals surface area (Å²) in [6.07, 6.45) is 2.61. The Morgan fingerprint density at radius 2 is 2.11 bits per heavy atom. The molecule has 1 fully saturated rings. The molecule has 0 aromatic carbocycles. The highest BCUT2D eigenvalue weighted by Gasteiger charge is 2.36. The zero-order valence-electron chi connectivity index (χ0n) is 16.1. The minimum absolute atomic E-state index is 0.0108. The van der Waals surface area contributed by atoms with Crippen LogP contribution in [0.5, 0.6) is 0 Å². The van der Waals surface area contributed by atoms with E-state index in [1.165, 1.54) is 26.7 Å². The zero-order chi connectivity index (χ0) is 19.8. The topological polar surface area (TPSA) is 80.8 Å². The summed E-state index contributed by atoms with van der Waals surface area (Å²) in [7, 11) is -3.08. The monoisotopic (exact) mass is 413 g/mol. The molecule has 1 amide bonds. The van der Waals surface area contributed by atoms with Gasteiger partial charge in [0.15, 0.2) is 15.9 Å². The molecule has 1 saturated heterocycles. The van der Waals surface area contributed by atoms with E-state index >= 15 is 0 Å². The largest absolute Gasteiger partial charge is 0.448 e. The summed E-state index contributed by atoms with van der Waals surface area (Å²) in [6.45, 7) is 5.97. The van der Waals surface area contributed by atoms with Crippen molar-refractivity contribution in [1.82, 2.24) is 4.90 Å². The zero-order valence-corrected chi connectivity index (χ0v) is 17.7. The first-order valence-corrected chi connectivity index (χ1v) is 12.2. The number of carbonyl (C=O) groups excluding carboxylic acids is 2. The fourth-order valence-corrected chi connectivity index (χ4v) is 6.75. The van der Waals surface area contributed by atoms with Crippen LogP contribution < -0.4 is 0 Å². The minimum atomic E-state index is -3.08. The van der Waals surface area contributed by atoms with Crippen molar-refractivity contribution in [2.45, 2.75) is 58.6 Å². The van der Waals surface area contributed by atoms with Crippen molar-refractivity contribution in [3.8, 4) is 0 Å². The van der Waals surface area contributed by atoms with Crippen LogP contribution in [0.25, 0.3) is 0 Å². The fourth-order valence-electron chi connectivity index (χ4n) is 3.92. The molecule has 0 unspecified atom stereocenters. The van der Waals surface area contributed by atoms with E-state index in [1.54, 1.807) is 6.92 Å². The summed E-state index contributed by atoms with van der Waals surface area (Å²) in [6, 6.07) is 1.57. The average molecular weight is 414 g/mol. The van der Waals surface area contributed by atoms with Gasteiger partial charge in [-0.1, -0.05) is 6.92 Å². The molecule has 0 N–H and O–H groups in total. The number of nitrogens with zero attached hydrogens (tertiary/aromatic N) is 1. The standard InChI is InChI=1S/C19H27NO5S2/c1-4-20(15-7-8-27(23,24)11-15)18(21)13(3)25-19(22)17-10-14-9-12(2)5-6-16(14)26-17/h10,12-13,15H,4-9,11H2,1-3H3/t12-,13+,15-/m0/s1. The number of ether oxygens (including phenoxy) is 1. The quantitative estimate of drug-likeness (QED) is 0.693. The van der Waals surface area contributed by atoms with E-state index in [1.807, 2.05) is 13.0 Å². The number of carbonyl (C=O) groups is 2. The molecule has 3 atom stereocenters. The van der Waals surface area contributed by atoms with Gasteiger partial charge in [0.05, 0.1) is 11.5 Å². The second-order valence-corrected chi connectivity index (χ2v) is 11.0. The second kappa shape index (κ2) is 7.91. The maximum atomic E-state index is 12.7. The molecule has 0 radical (unpaired) electrons. The van der Waals surface area contributed by atoms with Crippen molar-refractivity contribution in [1.29, 1.82) is 0 Å². The van der Waals surface area contributed by atoms with Crippen LogP contribution in [0.4, 0.5) is 0 Å². The van der Waals surface area contributed by atoms with Crippen molar-refractivity contribution in [2.75, 3.05) is 18.1 Å². The first-order chi connectivity index (χ1) is 12.7. The SMILES string of the molecule is CCN(C(=O)[C@@H](C)OC(=O)c1cc2c(s1)CC[C@H](C)C2)[C@H]1CCS(=O)(=O)C1. The fraction of sp³-hybridized carbons (Fsp3) is 0.684. The maximum absolute atomic E-state index is 12.7. The molecular weight excluding hydrogens is 386 g/mol. The number of amides is 1. The number of aryl methyl sites for hydroxylation is 1. The van der Waals surface area contributed by atoms with Crippen LogP contribution in [0, 0.1) is 5.92 Å². The van der Waals surface area contributed by atoms with E-state index in [9.17, 15) is 18.0 Å². The molecular formula is C19H27NO5S2. The summed E-state index contributed by atoms with van der Waals surface area (Å²) < 4.78 is 28.9. The number of thiophene rings is 1. The summed E-state index contributed by atoms with van der Waals surface area (Å²) in [5, 5.41) is 0. The molecule has 0 saturated carbocycles. The van der Waals surface area contributed by atoms with Crippen molar-refractivity contribution >= 4 is 33.1 Å². The van der Waals surface area contributed by atoms with Crippen molar-refractivity contribution in [3.05, 3.63) is 21.4 Å². The minimum Gasteiger partial charge on any atom is -0.448 e. The Morgan fingerprint density at radius 3 is 2.74 bits per heavy atom. The number of esters is 1. The van der Waals surface area contributed by atoms with Gasteiger partial charge in [-0.15, -0.1) is 11.3 Å². The Bertz CT molecular complexity index is 829. The van der Waals surface area contributed by atoms with Gasteiger partial charge in [0.1, 0.15) is 4.88 Å². The Balaban J connectivity index is 1.64. The summed E-state index contributed by atoms with van der Waals surface area (Å²) in [5.74, 6) is -0.0872. The Kier molecular flexibility index (Phi) is 5.96. The highest BCUT2D eigenvalue weighted by atomic mass is 32.2. The van der Waals surface area contributed by atoms with Gasteiger partial charge in [0, 0.05) is 17.5 Å². The highest BCUT2D eigenvalue weighted by Crippen LogP contribution is 2.32. The van der Waals surface area contributed by atoms with Gasteiger partial charge in [-0.2, -0.15) is 0 Å². The van der Waals surface area contributed by atoms with E-state index in [2.05, 4.69) is 6.92 Å². The predicted molar refractivity (Wildman–Crippen MR) is 105 cm³/mol. The molecule has 1 aromatic heterocycles. The van der Waals surface area contributed by atoms with Crippen LogP contribution in [0.1, 0.15) is 53.7 Å². The maximum Gasteiger partial charge on any atom is 0.349 e. The molecule has 150 valence electrons. The van der Waals surface area contributed by atoms with Gasteiger partial charge in [0.2, 0.25) is 0 Å². The summed E-state index contributed by atoms with van der Waals surface area (Å²) in [5.41, 5.74) is 1.22.